The molecule has 0 radical (unpaired) electrons. The summed E-state index contributed by atoms with van der Waals surface area (Å²) in [5.41, 5.74) is 0.274. The lowest BCUT2D eigenvalue weighted by Gasteiger charge is -2.26. The zero-order chi connectivity index (χ0) is 16.2. The van der Waals surface area contributed by atoms with E-state index in [9.17, 15) is 13.2 Å². The van der Waals surface area contributed by atoms with E-state index in [0.717, 1.165) is 19.3 Å². The lowest BCUT2D eigenvalue weighted by atomic mass is 10.2. The summed E-state index contributed by atoms with van der Waals surface area (Å²) in [6.07, 6.45) is 2.77. The first kappa shape index (κ1) is 16.5. The summed E-state index contributed by atoms with van der Waals surface area (Å²) in [6, 6.07) is 7.91. The van der Waals surface area contributed by atoms with Crippen molar-refractivity contribution in [3.8, 4) is 6.07 Å². The molecule has 1 fully saturated rings. The molecule has 1 heterocycles. The molecule has 0 saturated carbocycles. The van der Waals surface area contributed by atoms with Crippen molar-refractivity contribution in [2.75, 3.05) is 26.7 Å². The fourth-order valence-corrected chi connectivity index (χ4v) is 4.01. The molecule has 0 bridgehead atoms. The maximum Gasteiger partial charge on any atom is 0.254 e. The summed E-state index contributed by atoms with van der Waals surface area (Å²) >= 11 is 0. The van der Waals surface area contributed by atoms with E-state index in [1.807, 2.05) is 6.07 Å². The molecule has 0 aliphatic carbocycles. The Labute approximate surface area is 131 Å². The van der Waals surface area contributed by atoms with Gasteiger partial charge in [0.05, 0.1) is 11.0 Å². The maximum atomic E-state index is 12.6. The summed E-state index contributed by atoms with van der Waals surface area (Å²) in [5, 5.41) is 8.64. The zero-order valence-corrected chi connectivity index (χ0v) is 13.3. The molecule has 6 nitrogen and oxygen atoms in total. The van der Waals surface area contributed by atoms with Crippen molar-refractivity contribution in [2.24, 2.45) is 0 Å². The van der Waals surface area contributed by atoms with Crippen LogP contribution in [0.4, 0.5) is 0 Å². The second-order valence-electron chi connectivity index (χ2n) is 5.31. The van der Waals surface area contributed by atoms with Crippen LogP contribution in [0.5, 0.6) is 0 Å². The first-order chi connectivity index (χ1) is 10.5. The molecular weight excluding hydrogens is 302 g/mol. The lowest BCUT2D eigenvalue weighted by Crippen LogP contribution is -2.35. The molecule has 0 N–H and O–H groups in total. The van der Waals surface area contributed by atoms with Crippen molar-refractivity contribution < 1.29 is 13.2 Å². The molecular formula is C15H19N3O3S. The molecule has 0 aromatic heterocycles. The molecule has 1 aliphatic heterocycles. The van der Waals surface area contributed by atoms with E-state index in [4.69, 9.17) is 5.26 Å². The van der Waals surface area contributed by atoms with E-state index >= 15 is 0 Å². The van der Waals surface area contributed by atoms with E-state index in [1.54, 1.807) is 12.1 Å². The van der Waals surface area contributed by atoms with Gasteiger partial charge in [-0.2, -0.15) is 9.57 Å². The smallest absolute Gasteiger partial charge is 0.254 e. The van der Waals surface area contributed by atoms with Crippen LogP contribution >= 0.6 is 0 Å². The Bertz CT molecular complexity index is 688. The Morgan fingerprint density at radius 2 is 2.00 bits per heavy atom. The molecule has 1 aliphatic rings. The van der Waals surface area contributed by atoms with Crippen molar-refractivity contribution in [2.45, 2.75) is 24.2 Å². The SMILES string of the molecule is CN(CC#N)C(=O)c1cccc(S(=O)(=O)N2CCCCC2)c1. The zero-order valence-electron chi connectivity index (χ0n) is 12.5. The number of carbonyl (C=O) groups is 1. The minimum atomic E-state index is -3.56. The quantitative estimate of drug-likeness (QED) is 0.786. The van der Waals surface area contributed by atoms with Crippen molar-refractivity contribution in [3.63, 3.8) is 0 Å². The topological polar surface area (TPSA) is 81.5 Å². The van der Waals surface area contributed by atoms with Crippen LogP contribution in [0.25, 0.3) is 0 Å². The van der Waals surface area contributed by atoms with Crippen molar-refractivity contribution >= 4 is 15.9 Å². The summed E-state index contributed by atoms with van der Waals surface area (Å²) in [5.74, 6) is -0.364. The Kier molecular flexibility index (Phi) is 5.16. The predicted octanol–water partition coefficient (Wildman–Crippen LogP) is 1.46. The molecule has 0 unspecified atom stereocenters. The fraction of sp³-hybridized carbons (Fsp3) is 0.467. The molecule has 0 atom stereocenters. The van der Waals surface area contributed by atoms with Gasteiger partial charge in [0.1, 0.15) is 6.54 Å². The summed E-state index contributed by atoms with van der Waals surface area (Å²) in [7, 11) is -2.05. The highest BCUT2D eigenvalue weighted by Gasteiger charge is 2.26. The predicted molar refractivity (Wildman–Crippen MR) is 81.6 cm³/mol. The molecule has 1 amide bonds. The number of amides is 1. The number of hydrogen-bond donors (Lipinski definition) is 0. The first-order valence-corrected chi connectivity index (χ1v) is 8.63. The lowest BCUT2D eigenvalue weighted by molar-refractivity contribution is 0.0811. The number of piperidine rings is 1. The van der Waals surface area contributed by atoms with E-state index in [-0.39, 0.29) is 22.9 Å². The van der Waals surface area contributed by atoms with Crippen LogP contribution in [0.3, 0.4) is 0 Å². The van der Waals surface area contributed by atoms with Gasteiger partial charge >= 0.3 is 0 Å². The summed E-state index contributed by atoms with van der Waals surface area (Å²) in [6.45, 7) is 1.01. The number of rotatable bonds is 4. The molecule has 1 aromatic rings. The van der Waals surface area contributed by atoms with Crippen LogP contribution in [0.15, 0.2) is 29.2 Å². The largest absolute Gasteiger partial charge is 0.328 e. The number of hydrogen-bond acceptors (Lipinski definition) is 4. The monoisotopic (exact) mass is 321 g/mol. The first-order valence-electron chi connectivity index (χ1n) is 7.19. The van der Waals surface area contributed by atoms with Crippen LogP contribution in [-0.4, -0.2) is 50.2 Å². The minimum Gasteiger partial charge on any atom is -0.328 e. The van der Waals surface area contributed by atoms with Gasteiger partial charge in [-0.15, -0.1) is 0 Å². The van der Waals surface area contributed by atoms with Crippen LogP contribution in [0.1, 0.15) is 29.6 Å². The third kappa shape index (κ3) is 3.46. The van der Waals surface area contributed by atoms with Gasteiger partial charge < -0.3 is 4.90 Å². The van der Waals surface area contributed by atoms with Crippen LogP contribution in [-0.2, 0) is 10.0 Å². The van der Waals surface area contributed by atoms with Gasteiger partial charge in [-0.3, -0.25) is 4.79 Å². The van der Waals surface area contributed by atoms with Gasteiger partial charge in [0.2, 0.25) is 10.0 Å². The van der Waals surface area contributed by atoms with Crippen molar-refractivity contribution in [1.29, 1.82) is 5.26 Å². The maximum absolute atomic E-state index is 12.6. The van der Waals surface area contributed by atoms with Gasteiger partial charge in [-0.1, -0.05) is 12.5 Å². The minimum absolute atomic E-state index is 0.0397. The Morgan fingerprint density at radius 3 is 2.64 bits per heavy atom. The third-order valence-electron chi connectivity index (χ3n) is 3.69. The highest BCUT2D eigenvalue weighted by Crippen LogP contribution is 2.21. The average molecular weight is 321 g/mol. The van der Waals surface area contributed by atoms with Gasteiger partial charge in [0, 0.05) is 25.7 Å². The standard InChI is InChI=1S/C15H19N3O3S/c1-17(11-8-16)15(19)13-6-5-7-14(12-13)22(20,21)18-9-3-2-4-10-18/h5-7,12H,2-4,9-11H2,1H3. The van der Waals surface area contributed by atoms with Gasteiger partial charge in [0.15, 0.2) is 0 Å². The second kappa shape index (κ2) is 6.90. The summed E-state index contributed by atoms with van der Waals surface area (Å²) < 4.78 is 26.7. The summed E-state index contributed by atoms with van der Waals surface area (Å²) in [4.78, 5) is 13.5. The van der Waals surface area contributed by atoms with Gasteiger partial charge in [-0.05, 0) is 31.0 Å². The number of sulfonamides is 1. The van der Waals surface area contributed by atoms with Crippen LogP contribution in [0.2, 0.25) is 0 Å². The number of benzene rings is 1. The van der Waals surface area contributed by atoms with Gasteiger partial charge in [-0.25, -0.2) is 8.42 Å². The van der Waals surface area contributed by atoms with E-state index in [2.05, 4.69) is 0 Å². The fourth-order valence-electron chi connectivity index (χ4n) is 2.44. The van der Waals surface area contributed by atoms with E-state index in [0.29, 0.717) is 13.1 Å². The molecule has 2 rings (SSSR count). The van der Waals surface area contributed by atoms with E-state index in [1.165, 1.54) is 28.4 Å². The highest BCUT2D eigenvalue weighted by atomic mass is 32.2. The number of carbonyl (C=O) groups excluding carboxylic acids is 1. The molecule has 1 saturated heterocycles. The molecule has 1 aromatic carbocycles. The highest BCUT2D eigenvalue weighted by molar-refractivity contribution is 7.89. The molecule has 0 spiro atoms. The van der Waals surface area contributed by atoms with E-state index < -0.39 is 10.0 Å². The van der Waals surface area contributed by atoms with Crippen LogP contribution < -0.4 is 0 Å². The Morgan fingerprint density at radius 1 is 1.32 bits per heavy atom. The Balaban J connectivity index is 2.28. The normalized spacial score (nSPS) is 16.0. The number of nitrogens with zero attached hydrogens (tertiary/aromatic N) is 3. The Hall–Kier alpha value is -1.91. The van der Waals surface area contributed by atoms with Crippen molar-refractivity contribution in [3.05, 3.63) is 29.8 Å². The van der Waals surface area contributed by atoms with Crippen LogP contribution in [0, 0.1) is 11.3 Å². The number of nitriles is 1. The van der Waals surface area contributed by atoms with Gasteiger partial charge in [0.25, 0.3) is 5.91 Å². The van der Waals surface area contributed by atoms with Crippen molar-refractivity contribution in [1.82, 2.24) is 9.21 Å². The second-order valence-corrected chi connectivity index (χ2v) is 7.25. The molecule has 7 heteroatoms. The average Bonchev–Trinajstić information content (AvgIpc) is 2.55. The third-order valence-corrected chi connectivity index (χ3v) is 5.58. The molecule has 118 valence electrons. The molecule has 22 heavy (non-hydrogen) atoms.